The highest BCUT2D eigenvalue weighted by Crippen LogP contribution is 2.12. The summed E-state index contributed by atoms with van der Waals surface area (Å²) in [6, 6.07) is 15.4. The van der Waals surface area contributed by atoms with Crippen LogP contribution in [0.25, 0.3) is 0 Å². The number of hydrogen-bond donors (Lipinski definition) is 2. The fraction of sp³-hybridized carbons (Fsp3) is 0.133. The lowest BCUT2D eigenvalue weighted by atomic mass is 10.1. The normalized spacial score (nSPS) is 10.1. The van der Waals surface area contributed by atoms with E-state index in [-0.39, 0.29) is 5.91 Å². The van der Waals surface area contributed by atoms with Crippen LogP contribution in [0.2, 0.25) is 0 Å². The zero-order chi connectivity index (χ0) is 13.0. The van der Waals surface area contributed by atoms with Gasteiger partial charge in [0.2, 0.25) is 0 Å². The van der Waals surface area contributed by atoms with Crippen molar-refractivity contribution in [1.82, 2.24) is 5.32 Å². The molecule has 0 aromatic heterocycles. The minimum atomic E-state index is -0.0961. The van der Waals surface area contributed by atoms with Crippen molar-refractivity contribution in [3.05, 3.63) is 65.2 Å². The highest BCUT2D eigenvalue weighted by molar-refractivity contribution is 7.80. The Morgan fingerprint density at radius 2 is 1.78 bits per heavy atom. The second-order valence-electron chi connectivity index (χ2n) is 4.19. The van der Waals surface area contributed by atoms with Crippen LogP contribution in [0.5, 0.6) is 0 Å². The number of carbonyl (C=O) groups excluding carboxylic acids is 1. The lowest BCUT2D eigenvalue weighted by Gasteiger charge is -2.07. The number of amides is 1. The van der Waals surface area contributed by atoms with Gasteiger partial charge in [0.25, 0.3) is 5.91 Å². The molecule has 3 heteroatoms. The summed E-state index contributed by atoms with van der Waals surface area (Å²) in [7, 11) is 0. The summed E-state index contributed by atoms with van der Waals surface area (Å²) in [6.07, 6.45) is 0. The number of benzene rings is 2. The maximum Gasteiger partial charge on any atom is 0.252 e. The van der Waals surface area contributed by atoms with Crippen LogP contribution in [0.4, 0.5) is 0 Å². The van der Waals surface area contributed by atoms with Gasteiger partial charge in [-0.05, 0) is 24.6 Å². The van der Waals surface area contributed by atoms with E-state index >= 15 is 0 Å². The van der Waals surface area contributed by atoms with E-state index in [1.807, 2.05) is 49.4 Å². The molecule has 0 radical (unpaired) electrons. The first-order valence-electron chi connectivity index (χ1n) is 5.78. The standard InChI is InChI=1S/C15H15NOS/c1-11-6-8-12(9-7-11)10-16-15(17)13-4-2-3-5-14(13)18/h2-9,18H,10H2,1H3,(H,16,17). The minimum absolute atomic E-state index is 0.0961. The van der Waals surface area contributed by atoms with Crippen LogP contribution in [0.1, 0.15) is 21.5 Å². The first-order chi connectivity index (χ1) is 8.66. The Labute approximate surface area is 112 Å². The average molecular weight is 257 g/mol. The van der Waals surface area contributed by atoms with Crippen LogP contribution in [0, 0.1) is 6.92 Å². The van der Waals surface area contributed by atoms with Crippen LogP contribution in [0.3, 0.4) is 0 Å². The van der Waals surface area contributed by atoms with Crippen LogP contribution in [0.15, 0.2) is 53.4 Å². The molecule has 2 aromatic rings. The molecular weight excluding hydrogens is 242 g/mol. The molecule has 0 saturated heterocycles. The SMILES string of the molecule is Cc1ccc(CNC(=O)c2ccccc2S)cc1. The number of carbonyl (C=O) groups is 1. The predicted octanol–water partition coefficient (Wildman–Crippen LogP) is 3.21. The van der Waals surface area contributed by atoms with Crippen LogP contribution in [-0.4, -0.2) is 5.91 Å². The second-order valence-corrected chi connectivity index (χ2v) is 4.67. The van der Waals surface area contributed by atoms with Crippen molar-refractivity contribution in [1.29, 1.82) is 0 Å². The molecule has 2 rings (SSSR count). The molecule has 92 valence electrons. The van der Waals surface area contributed by atoms with Crippen molar-refractivity contribution in [2.24, 2.45) is 0 Å². The molecule has 0 bridgehead atoms. The van der Waals surface area contributed by atoms with E-state index < -0.39 is 0 Å². The average Bonchev–Trinajstić information content (AvgIpc) is 2.38. The van der Waals surface area contributed by atoms with Crippen molar-refractivity contribution in [3.8, 4) is 0 Å². The highest BCUT2D eigenvalue weighted by atomic mass is 32.1. The molecule has 0 fully saturated rings. The lowest BCUT2D eigenvalue weighted by Crippen LogP contribution is -2.23. The third-order valence-electron chi connectivity index (χ3n) is 2.72. The van der Waals surface area contributed by atoms with Crippen LogP contribution < -0.4 is 5.32 Å². The van der Waals surface area contributed by atoms with Crippen LogP contribution >= 0.6 is 12.6 Å². The van der Waals surface area contributed by atoms with Crippen molar-refractivity contribution in [2.75, 3.05) is 0 Å². The molecular formula is C15H15NOS. The van der Waals surface area contributed by atoms with E-state index in [4.69, 9.17) is 0 Å². The van der Waals surface area contributed by atoms with E-state index in [0.717, 1.165) is 5.56 Å². The summed E-state index contributed by atoms with van der Waals surface area (Å²) in [5.41, 5.74) is 2.91. The molecule has 0 saturated carbocycles. The summed E-state index contributed by atoms with van der Waals surface area (Å²) in [5.74, 6) is -0.0961. The predicted molar refractivity (Wildman–Crippen MR) is 76.0 cm³/mol. The zero-order valence-corrected chi connectivity index (χ0v) is 11.1. The quantitative estimate of drug-likeness (QED) is 0.812. The highest BCUT2D eigenvalue weighted by Gasteiger charge is 2.07. The molecule has 0 spiro atoms. The number of nitrogens with one attached hydrogen (secondary N) is 1. The van der Waals surface area contributed by atoms with Crippen LogP contribution in [-0.2, 0) is 6.54 Å². The second kappa shape index (κ2) is 5.74. The van der Waals surface area contributed by atoms with Crippen molar-refractivity contribution in [3.63, 3.8) is 0 Å². The van der Waals surface area contributed by atoms with Crippen molar-refractivity contribution >= 4 is 18.5 Å². The smallest absolute Gasteiger partial charge is 0.252 e. The molecule has 1 amide bonds. The van der Waals surface area contributed by atoms with Gasteiger partial charge in [-0.2, -0.15) is 0 Å². The number of rotatable bonds is 3. The van der Waals surface area contributed by atoms with Gasteiger partial charge in [-0.3, -0.25) is 4.79 Å². The Kier molecular flexibility index (Phi) is 4.05. The number of thiol groups is 1. The third-order valence-corrected chi connectivity index (χ3v) is 3.11. The Bertz CT molecular complexity index is 549. The number of aryl methyl sites for hydroxylation is 1. The monoisotopic (exact) mass is 257 g/mol. The Balaban J connectivity index is 2.01. The van der Waals surface area contributed by atoms with E-state index in [1.54, 1.807) is 6.07 Å². The largest absolute Gasteiger partial charge is 0.348 e. The third kappa shape index (κ3) is 3.14. The van der Waals surface area contributed by atoms with Gasteiger partial charge in [0.05, 0.1) is 5.56 Å². The molecule has 2 nitrogen and oxygen atoms in total. The first-order valence-corrected chi connectivity index (χ1v) is 6.23. The maximum absolute atomic E-state index is 11.9. The molecule has 0 atom stereocenters. The fourth-order valence-corrected chi connectivity index (χ4v) is 1.91. The summed E-state index contributed by atoms with van der Waals surface area (Å²) in [4.78, 5) is 12.6. The van der Waals surface area contributed by atoms with Gasteiger partial charge in [-0.1, -0.05) is 42.0 Å². The van der Waals surface area contributed by atoms with E-state index in [1.165, 1.54) is 5.56 Å². The summed E-state index contributed by atoms with van der Waals surface area (Å²) < 4.78 is 0. The van der Waals surface area contributed by atoms with Gasteiger partial charge >= 0.3 is 0 Å². The van der Waals surface area contributed by atoms with E-state index in [9.17, 15) is 4.79 Å². The summed E-state index contributed by atoms with van der Waals surface area (Å²) >= 11 is 4.27. The van der Waals surface area contributed by atoms with Gasteiger partial charge in [-0.25, -0.2) is 0 Å². The zero-order valence-electron chi connectivity index (χ0n) is 10.2. The van der Waals surface area contributed by atoms with Crippen molar-refractivity contribution < 1.29 is 4.79 Å². The molecule has 18 heavy (non-hydrogen) atoms. The Hall–Kier alpha value is -1.74. The molecule has 0 aliphatic rings. The summed E-state index contributed by atoms with van der Waals surface area (Å²) in [6.45, 7) is 2.57. The molecule has 1 N–H and O–H groups in total. The van der Waals surface area contributed by atoms with E-state index in [0.29, 0.717) is 17.0 Å². The molecule has 0 unspecified atom stereocenters. The lowest BCUT2D eigenvalue weighted by molar-refractivity contribution is 0.0948. The first kappa shape index (κ1) is 12.7. The topological polar surface area (TPSA) is 29.1 Å². The number of hydrogen-bond acceptors (Lipinski definition) is 2. The molecule has 0 heterocycles. The van der Waals surface area contributed by atoms with Gasteiger partial charge in [0.15, 0.2) is 0 Å². The van der Waals surface area contributed by atoms with Gasteiger partial charge in [0.1, 0.15) is 0 Å². The van der Waals surface area contributed by atoms with Gasteiger partial charge < -0.3 is 5.32 Å². The fourth-order valence-electron chi connectivity index (χ4n) is 1.65. The maximum atomic E-state index is 11.9. The molecule has 0 aliphatic carbocycles. The Morgan fingerprint density at radius 3 is 2.44 bits per heavy atom. The molecule has 2 aromatic carbocycles. The van der Waals surface area contributed by atoms with Gasteiger partial charge in [-0.15, -0.1) is 12.6 Å². The molecule has 0 aliphatic heterocycles. The van der Waals surface area contributed by atoms with Crippen molar-refractivity contribution in [2.45, 2.75) is 18.4 Å². The summed E-state index contributed by atoms with van der Waals surface area (Å²) in [5, 5.41) is 2.89. The van der Waals surface area contributed by atoms with E-state index in [2.05, 4.69) is 17.9 Å². The minimum Gasteiger partial charge on any atom is -0.348 e. The van der Waals surface area contributed by atoms with Gasteiger partial charge in [0, 0.05) is 11.4 Å². The Morgan fingerprint density at radius 1 is 1.11 bits per heavy atom.